The fraction of sp³-hybridized carbons (Fsp3) is 0.364. The number of sulfonamides is 1. The lowest BCUT2D eigenvalue weighted by atomic mass is 9.98. The molecule has 2 heterocycles. The fourth-order valence-electron chi connectivity index (χ4n) is 3.70. The van der Waals surface area contributed by atoms with Crippen LogP contribution in [-0.2, 0) is 10.0 Å². The Morgan fingerprint density at radius 2 is 1.68 bits per heavy atom. The van der Waals surface area contributed by atoms with Gasteiger partial charge < -0.3 is 14.0 Å². The Kier molecular flexibility index (Phi) is 5.97. The number of rotatable bonds is 6. The van der Waals surface area contributed by atoms with E-state index in [-0.39, 0.29) is 5.92 Å². The van der Waals surface area contributed by atoms with Gasteiger partial charge in [0.25, 0.3) is 0 Å². The number of aryl methyl sites for hydroxylation is 1. The molecule has 31 heavy (non-hydrogen) atoms. The second kappa shape index (κ2) is 8.68. The Bertz CT molecular complexity index is 1150. The van der Waals surface area contributed by atoms with Crippen LogP contribution >= 0.6 is 0 Å². The summed E-state index contributed by atoms with van der Waals surface area (Å²) in [4.78, 5) is 4.87. The molecule has 0 unspecified atom stereocenters. The molecule has 0 amide bonds. The number of benzene rings is 2. The summed E-state index contributed by atoms with van der Waals surface area (Å²) in [6.07, 6.45) is 1.25. The zero-order chi connectivity index (χ0) is 22.0. The van der Waals surface area contributed by atoms with Gasteiger partial charge >= 0.3 is 0 Å². The molecule has 9 heteroatoms. The third-order valence-electron chi connectivity index (χ3n) is 5.55. The topological polar surface area (TPSA) is 94.8 Å². The molecule has 0 aliphatic carbocycles. The van der Waals surface area contributed by atoms with Gasteiger partial charge in [-0.1, -0.05) is 22.9 Å². The second-order valence-corrected chi connectivity index (χ2v) is 9.46. The molecular formula is C22H25N3O5S. The van der Waals surface area contributed by atoms with Crippen LogP contribution < -0.4 is 9.47 Å². The van der Waals surface area contributed by atoms with E-state index in [1.807, 2.05) is 25.1 Å². The van der Waals surface area contributed by atoms with Crippen LogP contribution in [0.15, 0.2) is 51.9 Å². The number of nitrogens with zero attached hydrogens (tertiary/aromatic N) is 3. The molecular weight excluding hydrogens is 418 g/mol. The van der Waals surface area contributed by atoms with Crippen molar-refractivity contribution in [3.63, 3.8) is 0 Å². The third kappa shape index (κ3) is 4.28. The first-order valence-corrected chi connectivity index (χ1v) is 11.5. The minimum absolute atomic E-state index is 0.0193. The molecule has 164 valence electrons. The van der Waals surface area contributed by atoms with Crippen molar-refractivity contribution in [2.24, 2.45) is 0 Å². The van der Waals surface area contributed by atoms with E-state index in [1.54, 1.807) is 38.5 Å². The van der Waals surface area contributed by atoms with E-state index in [1.165, 1.54) is 4.31 Å². The van der Waals surface area contributed by atoms with Gasteiger partial charge in [0.05, 0.1) is 19.1 Å². The van der Waals surface area contributed by atoms with Gasteiger partial charge in [-0.2, -0.15) is 9.29 Å². The van der Waals surface area contributed by atoms with Crippen LogP contribution in [0.3, 0.4) is 0 Å². The molecule has 1 aromatic heterocycles. The molecule has 1 fully saturated rings. The van der Waals surface area contributed by atoms with Crippen molar-refractivity contribution in [1.29, 1.82) is 0 Å². The Hall–Kier alpha value is -2.91. The number of ether oxygens (including phenoxy) is 2. The largest absolute Gasteiger partial charge is 0.493 e. The quantitative estimate of drug-likeness (QED) is 0.574. The van der Waals surface area contributed by atoms with Crippen LogP contribution in [-0.4, -0.2) is 50.2 Å². The number of methoxy groups -OCH3 is 2. The monoisotopic (exact) mass is 443 g/mol. The first-order valence-electron chi connectivity index (χ1n) is 10.0. The maximum atomic E-state index is 12.9. The van der Waals surface area contributed by atoms with Crippen LogP contribution in [0.2, 0.25) is 0 Å². The van der Waals surface area contributed by atoms with E-state index in [0.29, 0.717) is 54.0 Å². The van der Waals surface area contributed by atoms with E-state index in [2.05, 4.69) is 10.1 Å². The molecule has 0 radical (unpaired) electrons. The first-order chi connectivity index (χ1) is 14.9. The molecule has 0 spiro atoms. The standard InChI is InChI=1S/C22H25N3O5S/c1-15-4-7-18(8-5-15)31(26,27)25-12-10-16(11-13-25)22-23-21(24-30-22)17-6-9-19(28-2)20(14-17)29-3/h4-9,14,16H,10-13H2,1-3H3. The van der Waals surface area contributed by atoms with Crippen LogP contribution in [0.4, 0.5) is 0 Å². The Labute approximate surface area is 181 Å². The highest BCUT2D eigenvalue weighted by Gasteiger charge is 2.32. The third-order valence-corrected chi connectivity index (χ3v) is 7.46. The maximum absolute atomic E-state index is 12.9. The smallest absolute Gasteiger partial charge is 0.243 e. The summed E-state index contributed by atoms with van der Waals surface area (Å²) >= 11 is 0. The molecule has 0 bridgehead atoms. The van der Waals surface area contributed by atoms with Gasteiger partial charge in [0.2, 0.25) is 21.7 Å². The Balaban J connectivity index is 1.45. The summed E-state index contributed by atoms with van der Waals surface area (Å²) in [7, 11) is -0.346. The molecule has 1 aliphatic rings. The molecule has 8 nitrogen and oxygen atoms in total. The maximum Gasteiger partial charge on any atom is 0.243 e. The van der Waals surface area contributed by atoms with Crippen molar-refractivity contribution in [2.75, 3.05) is 27.3 Å². The highest BCUT2D eigenvalue weighted by molar-refractivity contribution is 7.89. The molecule has 1 saturated heterocycles. The lowest BCUT2D eigenvalue weighted by molar-refractivity contribution is 0.271. The summed E-state index contributed by atoms with van der Waals surface area (Å²) in [6, 6.07) is 12.4. The summed E-state index contributed by atoms with van der Waals surface area (Å²) in [5.41, 5.74) is 1.78. The average molecular weight is 444 g/mol. The second-order valence-electron chi connectivity index (χ2n) is 7.52. The van der Waals surface area contributed by atoms with Crippen LogP contribution in [0.1, 0.15) is 30.2 Å². The average Bonchev–Trinajstić information content (AvgIpc) is 3.29. The SMILES string of the molecule is COc1ccc(-c2noc(C3CCN(S(=O)(=O)c4ccc(C)cc4)CC3)n2)cc1OC. The minimum atomic E-state index is -3.50. The number of hydrogen-bond acceptors (Lipinski definition) is 7. The molecule has 0 atom stereocenters. The number of piperidine rings is 1. The van der Waals surface area contributed by atoms with Crippen molar-refractivity contribution in [1.82, 2.24) is 14.4 Å². The van der Waals surface area contributed by atoms with Crippen molar-refractivity contribution in [3.05, 3.63) is 53.9 Å². The molecule has 4 rings (SSSR count). The number of hydrogen-bond donors (Lipinski definition) is 0. The van der Waals surface area contributed by atoms with E-state index in [9.17, 15) is 8.42 Å². The molecule has 3 aromatic rings. The van der Waals surface area contributed by atoms with Crippen LogP contribution in [0.25, 0.3) is 11.4 Å². The van der Waals surface area contributed by atoms with E-state index in [4.69, 9.17) is 14.0 Å². The predicted octanol–water partition coefficient (Wildman–Crippen LogP) is 3.63. The van der Waals surface area contributed by atoms with Gasteiger partial charge in [0.15, 0.2) is 11.5 Å². The molecule has 2 aromatic carbocycles. The lowest BCUT2D eigenvalue weighted by Gasteiger charge is -2.29. The predicted molar refractivity (Wildman–Crippen MR) is 115 cm³/mol. The highest BCUT2D eigenvalue weighted by Crippen LogP contribution is 2.34. The Morgan fingerprint density at radius 3 is 2.32 bits per heavy atom. The molecule has 0 saturated carbocycles. The van der Waals surface area contributed by atoms with Gasteiger partial charge in [0.1, 0.15) is 0 Å². The summed E-state index contributed by atoms with van der Waals surface area (Å²) in [5, 5.41) is 4.10. The van der Waals surface area contributed by atoms with Gasteiger partial charge in [-0.25, -0.2) is 8.42 Å². The minimum Gasteiger partial charge on any atom is -0.493 e. The lowest BCUT2D eigenvalue weighted by Crippen LogP contribution is -2.37. The zero-order valence-corrected chi connectivity index (χ0v) is 18.6. The summed E-state index contributed by atoms with van der Waals surface area (Å²) in [6.45, 7) is 2.76. The summed E-state index contributed by atoms with van der Waals surface area (Å²) in [5.74, 6) is 2.21. The van der Waals surface area contributed by atoms with Crippen LogP contribution in [0.5, 0.6) is 11.5 Å². The van der Waals surface area contributed by atoms with Gasteiger partial charge in [-0.15, -0.1) is 0 Å². The zero-order valence-electron chi connectivity index (χ0n) is 17.7. The Morgan fingerprint density at radius 1 is 1.00 bits per heavy atom. The van der Waals surface area contributed by atoms with E-state index < -0.39 is 10.0 Å². The van der Waals surface area contributed by atoms with Crippen molar-refractivity contribution < 1.29 is 22.4 Å². The van der Waals surface area contributed by atoms with Gasteiger partial charge in [0, 0.05) is 24.6 Å². The molecule has 0 N–H and O–H groups in total. The highest BCUT2D eigenvalue weighted by atomic mass is 32.2. The van der Waals surface area contributed by atoms with Crippen molar-refractivity contribution >= 4 is 10.0 Å². The van der Waals surface area contributed by atoms with Crippen molar-refractivity contribution in [3.8, 4) is 22.9 Å². The van der Waals surface area contributed by atoms with E-state index in [0.717, 1.165) is 11.1 Å². The molecule has 1 aliphatic heterocycles. The van der Waals surface area contributed by atoms with Gasteiger partial charge in [-0.05, 0) is 50.1 Å². The van der Waals surface area contributed by atoms with Gasteiger partial charge in [-0.3, -0.25) is 0 Å². The number of aromatic nitrogens is 2. The summed E-state index contributed by atoms with van der Waals surface area (Å²) < 4.78 is 43.4. The van der Waals surface area contributed by atoms with Crippen molar-refractivity contribution in [2.45, 2.75) is 30.6 Å². The van der Waals surface area contributed by atoms with E-state index >= 15 is 0 Å². The van der Waals surface area contributed by atoms with Crippen LogP contribution in [0, 0.1) is 6.92 Å². The normalized spacial score (nSPS) is 15.7. The first kappa shape index (κ1) is 21.3. The fourth-order valence-corrected chi connectivity index (χ4v) is 5.17.